The fraction of sp³-hybridized carbons (Fsp3) is 1.00. The van der Waals surface area contributed by atoms with Crippen molar-refractivity contribution in [2.75, 3.05) is 27.3 Å². The highest BCUT2D eigenvalue weighted by Crippen LogP contribution is 2.20. The van der Waals surface area contributed by atoms with Gasteiger partial charge in [0.15, 0.2) is 0 Å². The van der Waals surface area contributed by atoms with Gasteiger partial charge in [-0.1, -0.05) is 13.8 Å². The van der Waals surface area contributed by atoms with E-state index < -0.39 is 8.56 Å². The van der Waals surface area contributed by atoms with Crippen LogP contribution in [0.25, 0.3) is 0 Å². The van der Waals surface area contributed by atoms with Crippen LogP contribution in [0.15, 0.2) is 0 Å². The van der Waals surface area contributed by atoms with E-state index in [0.29, 0.717) is 12.6 Å². The van der Waals surface area contributed by atoms with Crippen LogP contribution in [0.4, 0.5) is 0 Å². The molecule has 0 amide bonds. The maximum atomic E-state index is 5.59. The second-order valence-electron chi connectivity index (χ2n) is 3.72. The average molecular weight is 234 g/mol. The summed E-state index contributed by atoms with van der Waals surface area (Å²) in [7, 11) is 1.56. The molecule has 0 spiro atoms. The van der Waals surface area contributed by atoms with Crippen LogP contribution in [0.1, 0.15) is 20.3 Å². The molecule has 0 radical (unpaired) electrons. The second-order valence-corrected chi connectivity index (χ2v) is 7.48. The lowest BCUT2D eigenvalue weighted by atomic mass is 10.2. The molecule has 0 fully saturated rings. The Labute approximate surface area is 94.8 Å². The van der Waals surface area contributed by atoms with Crippen molar-refractivity contribution in [3.8, 4) is 0 Å². The number of hydrogen-bond donors (Lipinski definition) is 2. The van der Waals surface area contributed by atoms with E-state index in [1.807, 2.05) is 0 Å². The number of nitrogens with one attached hydrogen (secondary N) is 1. The summed E-state index contributed by atoms with van der Waals surface area (Å²) >= 11 is 0. The third kappa shape index (κ3) is 5.08. The number of hydrogen-bond acceptors (Lipinski definition) is 4. The van der Waals surface area contributed by atoms with Crippen molar-refractivity contribution in [1.29, 1.82) is 0 Å². The van der Waals surface area contributed by atoms with Crippen molar-refractivity contribution in [3.05, 3.63) is 0 Å². The molecule has 3 N–H and O–H groups in total. The Kier molecular flexibility index (Phi) is 8.27. The quantitative estimate of drug-likeness (QED) is 0.586. The molecule has 0 rings (SSSR count). The predicted octanol–water partition coefficient (Wildman–Crippen LogP) is 1.07. The highest BCUT2D eigenvalue weighted by molar-refractivity contribution is 6.67. The first-order chi connectivity index (χ1) is 7.17. The Morgan fingerprint density at radius 2 is 1.87 bits per heavy atom. The van der Waals surface area contributed by atoms with Crippen molar-refractivity contribution in [2.24, 2.45) is 5.73 Å². The Bertz CT molecular complexity index is 146. The SMILES string of the molecule is CCC(C[Si](CC)(OC)OC)NCCN. The van der Waals surface area contributed by atoms with E-state index in [2.05, 4.69) is 19.2 Å². The molecule has 5 heteroatoms. The first-order valence-corrected chi connectivity index (χ1v) is 7.94. The van der Waals surface area contributed by atoms with E-state index in [9.17, 15) is 0 Å². The summed E-state index contributed by atoms with van der Waals surface area (Å²) in [6.45, 7) is 5.85. The summed E-state index contributed by atoms with van der Waals surface area (Å²) in [4.78, 5) is 0. The van der Waals surface area contributed by atoms with E-state index in [1.54, 1.807) is 14.2 Å². The molecule has 1 atom stereocenters. The van der Waals surface area contributed by atoms with E-state index in [4.69, 9.17) is 14.6 Å². The summed E-state index contributed by atoms with van der Waals surface area (Å²) in [6.07, 6.45) is 1.08. The van der Waals surface area contributed by atoms with Gasteiger partial charge in [0.1, 0.15) is 0 Å². The molecule has 0 aromatic heterocycles. The molecule has 0 aliphatic rings. The topological polar surface area (TPSA) is 56.5 Å². The summed E-state index contributed by atoms with van der Waals surface area (Å²) in [5.41, 5.74) is 5.48. The zero-order valence-corrected chi connectivity index (χ0v) is 11.5. The Morgan fingerprint density at radius 1 is 1.27 bits per heavy atom. The van der Waals surface area contributed by atoms with Gasteiger partial charge >= 0.3 is 8.56 Å². The van der Waals surface area contributed by atoms with Gasteiger partial charge in [-0.05, 0) is 12.5 Å². The second kappa shape index (κ2) is 8.24. The number of rotatable bonds is 9. The average Bonchev–Trinajstić information content (AvgIpc) is 2.30. The minimum Gasteiger partial charge on any atom is -0.398 e. The lowest BCUT2D eigenvalue weighted by molar-refractivity contribution is 0.236. The van der Waals surface area contributed by atoms with E-state index in [1.165, 1.54) is 0 Å². The molecule has 1 unspecified atom stereocenters. The fourth-order valence-corrected chi connectivity index (χ4v) is 4.26. The fourth-order valence-electron chi connectivity index (χ4n) is 1.71. The minimum absolute atomic E-state index is 0.458. The summed E-state index contributed by atoms with van der Waals surface area (Å²) < 4.78 is 11.2. The van der Waals surface area contributed by atoms with E-state index in [-0.39, 0.29) is 0 Å². The maximum Gasteiger partial charge on any atom is 0.338 e. The zero-order chi connectivity index (χ0) is 11.7. The Hall–Kier alpha value is 0.0569. The van der Waals surface area contributed by atoms with Crippen LogP contribution in [0.2, 0.25) is 12.1 Å². The molecule has 0 aromatic carbocycles. The third-order valence-corrected chi connectivity index (χ3v) is 6.59. The van der Waals surface area contributed by atoms with Gasteiger partial charge in [0.05, 0.1) is 0 Å². The lowest BCUT2D eigenvalue weighted by Crippen LogP contribution is -2.46. The Morgan fingerprint density at radius 3 is 2.20 bits per heavy atom. The van der Waals surface area contributed by atoms with Gasteiger partial charge in [-0.15, -0.1) is 0 Å². The third-order valence-electron chi connectivity index (χ3n) is 2.91. The van der Waals surface area contributed by atoms with Crippen LogP contribution in [-0.2, 0) is 8.85 Å². The van der Waals surface area contributed by atoms with Crippen molar-refractivity contribution < 1.29 is 8.85 Å². The summed E-state index contributed by atoms with van der Waals surface area (Å²) in [5, 5.41) is 3.43. The smallest absolute Gasteiger partial charge is 0.338 e. The van der Waals surface area contributed by atoms with Gasteiger partial charge in [-0.3, -0.25) is 0 Å². The first-order valence-electron chi connectivity index (χ1n) is 5.71. The van der Waals surface area contributed by atoms with Crippen LogP contribution < -0.4 is 11.1 Å². The monoisotopic (exact) mass is 234 g/mol. The summed E-state index contributed by atoms with van der Waals surface area (Å²) in [5.74, 6) is 0. The van der Waals surface area contributed by atoms with Crippen LogP contribution in [0.5, 0.6) is 0 Å². The van der Waals surface area contributed by atoms with Crippen LogP contribution in [0, 0.1) is 0 Å². The molecule has 0 saturated heterocycles. The molecular formula is C10H26N2O2Si. The van der Waals surface area contributed by atoms with Gasteiger partial charge in [0, 0.05) is 39.4 Å². The van der Waals surface area contributed by atoms with Crippen molar-refractivity contribution in [2.45, 2.75) is 38.4 Å². The standard InChI is InChI=1S/C10H26N2O2Si/c1-5-10(12-8-7-11)9-15(6-2,13-3)14-4/h10,12H,5-9,11H2,1-4H3. The minimum atomic E-state index is -1.95. The molecule has 0 saturated carbocycles. The first kappa shape index (κ1) is 15.1. The van der Waals surface area contributed by atoms with Gasteiger partial charge in [0.2, 0.25) is 0 Å². The summed E-state index contributed by atoms with van der Waals surface area (Å²) in [6, 6.07) is 2.44. The largest absolute Gasteiger partial charge is 0.398 e. The lowest BCUT2D eigenvalue weighted by Gasteiger charge is -2.30. The van der Waals surface area contributed by atoms with Crippen LogP contribution in [0.3, 0.4) is 0 Å². The molecule has 0 heterocycles. The molecular weight excluding hydrogens is 208 g/mol. The van der Waals surface area contributed by atoms with E-state index >= 15 is 0 Å². The molecule has 4 nitrogen and oxygen atoms in total. The molecule has 0 aliphatic carbocycles. The van der Waals surface area contributed by atoms with Gasteiger partial charge in [-0.25, -0.2) is 0 Å². The van der Waals surface area contributed by atoms with E-state index in [0.717, 1.165) is 25.1 Å². The molecule has 15 heavy (non-hydrogen) atoms. The van der Waals surface area contributed by atoms with Gasteiger partial charge < -0.3 is 19.9 Å². The zero-order valence-electron chi connectivity index (χ0n) is 10.5. The van der Waals surface area contributed by atoms with Crippen molar-refractivity contribution in [1.82, 2.24) is 5.32 Å². The predicted molar refractivity (Wildman–Crippen MR) is 66.2 cm³/mol. The van der Waals surface area contributed by atoms with Crippen LogP contribution in [-0.4, -0.2) is 41.9 Å². The van der Waals surface area contributed by atoms with Crippen molar-refractivity contribution >= 4 is 8.56 Å². The van der Waals surface area contributed by atoms with Crippen LogP contribution >= 0.6 is 0 Å². The molecule has 92 valence electrons. The Balaban J connectivity index is 4.21. The normalized spacial score (nSPS) is 14.2. The maximum absolute atomic E-state index is 5.59. The molecule has 0 bridgehead atoms. The highest BCUT2D eigenvalue weighted by atomic mass is 28.4. The molecule has 0 aromatic rings. The van der Waals surface area contributed by atoms with Crippen molar-refractivity contribution in [3.63, 3.8) is 0 Å². The molecule has 0 aliphatic heterocycles. The van der Waals surface area contributed by atoms with Gasteiger partial charge in [0.25, 0.3) is 0 Å². The number of nitrogens with two attached hydrogens (primary N) is 1. The van der Waals surface area contributed by atoms with Gasteiger partial charge in [-0.2, -0.15) is 0 Å². The highest BCUT2D eigenvalue weighted by Gasteiger charge is 2.35.